The lowest BCUT2D eigenvalue weighted by Gasteiger charge is -2.03. The maximum absolute atomic E-state index is 11.8. The molecule has 0 aliphatic heterocycles. The molecule has 70 valence electrons. The van der Waals surface area contributed by atoms with E-state index in [0.717, 1.165) is 12.1 Å². The quantitative estimate of drug-likeness (QED) is 0.627. The minimum Gasteiger partial charge on any atom is -0.186 e. The monoisotopic (exact) mass is 190 g/mol. The molecule has 1 aromatic carbocycles. The van der Waals surface area contributed by atoms with Gasteiger partial charge in [-0.25, -0.2) is 0 Å². The van der Waals surface area contributed by atoms with Crippen LogP contribution < -0.4 is 0 Å². The van der Waals surface area contributed by atoms with Gasteiger partial charge in [-0.3, -0.25) is 0 Å². The van der Waals surface area contributed by atoms with Crippen LogP contribution in [-0.2, 0) is 15.8 Å². The zero-order valence-corrected chi connectivity index (χ0v) is 6.34. The van der Waals surface area contributed by atoms with Crippen LogP contribution in [0.25, 0.3) is 0 Å². The van der Waals surface area contributed by atoms with Gasteiger partial charge in [0, 0.05) is 0 Å². The highest BCUT2D eigenvalue weighted by Gasteiger charge is 2.29. The summed E-state index contributed by atoms with van der Waals surface area (Å²) in [5.74, 6) is 0. The topological polar surface area (TPSA) is 34.1 Å². The predicted molar refractivity (Wildman–Crippen MR) is 36.5 cm³/mol. The lowest BCUT2D eigenvalue weighted by Crippen LogP contribution is -2.03. The molecular weight excluding hydrogens is 185 g/mol. The zero-order chi connectivity index (χ0) is 10.3. The second-order valence-corrected chi connectivity index (χ2v) is 1.95. The van der Waals surface area contributed by atoms with Crippen molar-refractivity contribution in [3.63, 3.8) is 0 Å². The summed E-state index contributed by atoms with van der Waals surface area (Å²) < 4.78 is 35.4. The summed E-state index contributed by atoms with van der Waals surface area (Å²) in [7, 11) is 0. The fourth-order valence-electron chi connectivity index (χ4n) is 0.627. The molecule has 0 radical (unpaired) electrons. The molecule has 2 nitrogen and oxygen atoms in total. The molecule has 1 rings (SSSR count). The van der Waals surface area contributed by atoms with Crippen LogP contribution in [0.5, 0.6) is 0 Å². The average molecular weight is 190 g/mol. The van der Waals surface area contributed by atoms with E-state index in [4.69, 9.17) is 9.59 Å². The van der Waals surface area contributed by atoms with Gasteiger partial charge in [0.05, 0.1) is 5.56 Å². The molecule has 0 unspecified atom stereocenters. The van der Waals surface area contributed by atoms with Crippen LogP contribution in [0.3, 0.4) is 0 Å². The highest BCUT2D eigenvalue weighted by Crippen LogP contribution is 2.28. The number of benzene rings is 1. The van der Waals surface area contributed by atoms with Gasteiger partial charge in [-0.2, -0.15) is 22.8 Å². The molecule has 13 heavy (non-hydrogen) atoms. The van der Waals surface area contributed by atoms with Crippen molar-refractivity contribution in [2.24, 2.45) is 0 Å². The minimum atomic E-state index is -4.21. The highest BCUT2D eigenvalue weighted by molar-refractivity contribution is 5.20. The first-order chi connectivity index (χ1) is 6.02. The number of hydrogen-bond acceptors (Lipinski definition) is 2. The number of alkyl halides is 3. The SMILES string of the molecule is FC(F)(F)c1ccccc1.O=C=O. The van der Waals surface area contributed by atoms with Gasteiger partial charge in [0.2, 0.25) is 0 Å². The van der Waals surface area contributed by atoms with Gasteiger partial charge >= 0.3 is 12.3 Å². The van der Waals surface area contributed by atoms with Crippen LogP contribution in [0.4, 0.5) is 13.2 Å². The Morgan fingerprint density at radius 2 is 1.38 bits per heavy atom. The van der Waals surface area contributed by atoms with E-state index in [2.05, 4.69) is 0 Å². The van der Waals surface area contributed by atoms with Crippen molar-refractivity contribution in [2.45, 2.75) is 6.18 Å². The van der Waals surface area contributed by atoms with E-state index in [1.54, 1.807) is 6.07 Å². The molecule has 0 heterocycles. The van der Waals surface area contributed by atoms with E-state index in [-0.39, 0.29) is 6.15 Å². The fraction of sp³-hybridized carbons (Fsp3) is 0.125. The normalized spacial score (nSPS) is 9.46. The third-order valence-corrected chi connectivity index (χ3v) is 1.10. The summed E-state index contributed by atoms with van der Waals surface area (Å²) in [4.78, 5) is 16.2. The Morgan fingerprint density at radius 3 is 1.62 bits per heavy atom. The van der Waals surface area contributed by atoms with Gasteiger partial charge in [-0.15, -0.1) is 0 Å². The molecule has 0 bridgehead atoms. The fourth-order valence-corrected chi connectivity index (χ4v) is 0.627. The van der Waals surface area contributed by atoms with Crippen molar-refractivity contribution in [2.75, 3.05) is 0 Å². The van der Waals surface area contributed by atoms with Gasteiger partial charge in [-0.1, -0.05) is 30.3 Å². The number of halogens is 3. The molecule has 0 fully saturated rings. The summed E-state index contributed by atoms with van der Waals surface area (Å²) in [5.41, 5.74) is -0.602. The Morgan fingerprint density at radius 1 is 1.00 bits per heavy atom. The molecule has 0 spiro atoms. The maximum Gasteiger partial charge on any atom is 0.416 e. The van der Waals surface area contributed by atoms with E-state index in [1.807, 2.05) is 0 Å². The molecule has 0 saturated carbocycles. The van der Waals surface area contributed by atoms with Gasteiger partial charge in [-0.05, 0) is 0 Å². The zero-order valence-electron chi connectivity index (χ0n) is 6.34. The smallest absolute Gasteiger partial charge is 0.186 e. The van der Waals surface area contributed by atoms with E-state index < -0.39 is 11.7 Å². The number of carbonyl (C=O) groups excluding carboxylic acids is 2. The molecule has 0 aliphatic carbocycles. The lowest BCUT2D eigenvalue weighted by atomic mass is 10.2. The van der Waals surface area contributed by atoms with E-state index in [0.29, 0.717) is 0 Å². The Labute approximate surface area is 72.0 Å². The van der Waals surface area contributed by atoms with Crippen molar-refractivity contribution in [1.29, 1.82) is 0 Å². The first-order valence-corrected chi connectivity index (χ1v) is 3.14. The van der Waals surface area contributed by atoms with E-state index in [1.165, 1.54) is 12.1 Å². The Bertz CT molecular complexity index is 273. The van der Waals surface area contributed by atoms with E-state index >= 15 is 0 Å². The van der Waals surface area contributed by atoms with Gasteiger partial charge < -0.3 is 0 Å². The van der Waals surface area contributed by atoms with E-state index in [9.17, 15) is 13.2 Å². The summed E-state index contributed by atoms with van der Waals surface area (Å²) in [6, 6.07) is 6.36. The number of hydrogen-bond donors (Lipinski definition) is 0. The Hall–Kier alpha value is -1.61. The third-order valence-electron chi connectivity index (χ3n) is 1.10. The molecule has 0 aromatic heterocycles. The minimum absolute atomic E-state index is 0.250. The molecule has 0 amide bonds. The van der Waals surface area contributed by atoms with Crippen LogP contribution in [-0.4, -0.2) is 6.15 Å². The van der Waals surface area contributed by atoms with Crippen LogP contribution in [0, 0.1) is 0 Å². The van der Waals surface area contributed by atoms with Crippen molar-refractivity contribution in [1.82, 2.24) is 0 Å². The van der Waals surface area contributed by atoms with Crippen molar-refractivity contribution in [3.8, 4) is 0 Å². The summed E-state index contributed by atoms with van der Waals surface area (Å²) in [6.45, 7) is 0. The second-order valence-electron chi connectivity index (χ2n) is 1.95. The van der Waals surface area contributed by atoms with Crippen LogP contribution >= 0.6 is 0 Å². The molecule has 0 atom stereocenters. The van der Waals surface area contributed by atoms with Crippen LogP contribution in [0.2, 0.25) is 0 Å². The molecule has 0 saturated heterocycles. The van der Waals surface area contributed by atoms with Gasteiger partial charge in [0.25, 0.3) is 0 Å². The van der Waals surface area contributed by atoms with Crippen molar-refractivity contribution >= 4 is 6.15 Å². The first kappa shape index (κ1) is 11.4. The standard InChI is InChI=1S/C7H5F3.CO2/c8-7(9,10)6-4-2-1-3-5-6;2-1-3/h1-5H;. The molecule has 0 aliphatic rings. The Balaban J connectivity index is 0.000000424. The highest BCUT2D eigenvalue weighted by atomic mass is 19.4. The van der Waals surface area contributed by atoms with Gasteiger partial charge in [0.15, 0.2) is 0 Å². The predicted octanol–water partition coefficient (Wildman–Crippen LogP) is 2.12. The largest absolute Gasteiger partial charge is 0.416 e. The van der Waals surface area contributed by atoms with Gasteiger partial charge in [0.1, 0.15) is 0 Å². The molecule has 1 aromatic rings. The second kappa shape index (κ2) is 5.11. The van der Waals surface area contributed by atoms with Crippen LogP contribution in [0.1, 0.15) is 5.56 Å². The maximum atomic E-state index is 11.8. The van der Waals surface area contributed by atoms with Crippen molar-refractivity contribution < 1.29 is 22.8 Å². The average Bonchev–Trinajstić information content (AvgIpc) is 2.06. The summed E-state index contributed by atoms with van der Waals surface area (Å²) in [5, 5.41) is 0. The molecular formula is C8H5F3O2. The lowest BCUT2D eigenvalue weighted by molar-refractivity contribution is -0.191. The molecule has 0 N–H and O–H groups in total. The first-order valence-electron chi connectivity index (χ1n) is 3.14. The summed E-state index contributed by atoms with van der Waals surface area (Å²) >= 11 is 0. The third kappa shape index (κ3) is 4.76. The molecule has 5 heteroatoms. The summed E-state index contributed by atoms with van der Waals surface area (Å²) in [6.07, 6.45) is -3.96. The Kier molecular flexibility index (Phi) is 4.48. The van der Waals surface area contributed by atoms with Crippen molar-refractivity contribution in [3.05, 3.63) is 35.9 Å². The van der Waals surface area contributed by atoms with Crippen LogP contribution in [0.15, 0.2) is 30.3 Å². The number of rotatable bonds is 0.